The second kappa shape index (κ2) is 7.34. The van der Waals surface area contributed by atoms with Crippen LogP contribution in [0.25, 0.3) is 5.70 Å². The molecule has 2 aromatic rings. The van der Waals surface area contributed by atoms with E-state index in [0.717, 1.165) is 18.7 Å². The minimum atomic E-state index is -0.222. The summed E-state index contributed by atoms with van der Waals surface area (Å²) in [5, 5.41) is 4.58. The Morgan fingerprint density at radius 1 is 1.42 bits per heavy atom. The van der Waals surface area contributed by atoms with Crippen molar-refractivity contribution in [1.82, 2.24) is 14.8 Å². The second-order valence-electron chi connectivity index (χ2n) is 5.91. The average Bonchev–Trinajstić information content (AvgIpc) is 2.92. The van der Waals surface area contributed by atoms with Gasteiger partial charge in [-0.3, -0.25) is 4.99 Å². The number of allylic oxidation sites excluding steroid dienone is 3. The molecule has 1 aromatic heterocycles. The third-order valence-electron chi connectivity index (χ3n) is 4.29. The normalized spacial score (nSPS) is 15.7. The van der Waals surface area contributed by atoms with Crippen LogP contribution in [-0.2, 0) is 6.54 Å². The van der Waals surface area contributed by atoms with Crippen molar-refractivity contribution in [3.8, 4) is 0 Å². The minimum absolute atomic E-state index is 0.222. The van der Waals surface area contributed by atoms with Crippen LogP contribution in [0.2, 0.25) is 0 Å². The van der Waals surface area contributed by atoms with Gasteiger partial charge in [-0.25, -0.2) is 14.1 Å². The Kier molecular flexibility index (Phi) is 4.99. The number of halogens is 1. The predicted molar refractivity (Wildman–Crippen MR) is 94.5 cm³/mol. The maximum atomic E-state index is 14.0. The molecule has 24 heavy (non-hydrogen) atoms. The zero-order valence-corrected chi connectivity index (χ0v) is 13.8. The summed E-state index contributed by atoms with van der Waals surface area (Å²) in [6.07, 6.45) is 9.03. The average molecular weight is 324 g/mol. The number of hydrogen-bond donors (Lipinski definition) is 0. The quantitative estimate of drug-likeness (QED) is 0.585. The van der Waals surface area contributed by atoms with Crippen LogP contribution in [0.5, 0.6) is 0 Å². The van der Waals surface area contributed by atoms with Gasteiger partial charge in [0.1, 0.15) is 17.3 Å². The topological polar surface area (TPSA) is 43.1 Å². The molecular weight excluding hydrogens is 303 g/mol. The van der Waals surface area contributed by atoms with Gasteiger partial charge in [-0.2, -0.15) is 0 Å². The first-order valence-electron chi connectivity index (χ1n) is 8.21. The molecule has 0 radical (unpaired) electrons. The highest BCUT2D eigenvalue weighted by molar-refractivity contribution is 5.64. The fraction of sp³-hybridized carbons (Fsp3) is 0.316. The number of rotatable bonds is 6. The van der Waals surface area contributed by atoms with Crippen molar-refractivity contribution >= 4 is 12.4 Å². The van der Waals surface area contributed by atoms with Crippen molar-refractivity contribution in [1.29, 1.82) is 0 Å². The summed E-state index contributed by atoms with van der Waals surface area (Å²) in [4.78, 5) is 8.70. The van der Waals surface area contributed by atoms with E-state index in [0.29, 0.717) is 29.5 Å². The van der Waals surface area contributed by atoms with Gasteiger partial charge in [0.2, 0.25) is 0 Å². The Balaban J connectivity index is 1.98. The molecule has 0 aliphatic heterocycles. The summed E-state index contributed by atoms with van der Waals surface area (Å²) in [5.74, 6) is 1.63. The molecule has 1 aromatic carbocycles. The number of aromatic nitrogens is 3. The lowest BCUT2D eigenvalue weighted by Crippen LogP contribution is -2.17. The van der Waals surface area contributed by atoms with Crippen molar-refractivity contribution in [2.75, 3.05) is 0 Å². The van der Waals surface area contributed by atoms with E-state index >= 15 is 0 Å². The molecule has 1 heterocycles. The molecule has 1 fully saturated rings. The first-order chi connectivity index (χ1) is 11.7. The molecule has 124 valence electrons. The number of aliphatic imine (C=N–C) groups is 1. The van der Waals surface area contributed by atoms with Crippen LogP contribution in [-0.4, -0.2) is 21.5 Å². The van der Waals surface area contributed by atoms with Crippen molar-refractivity contribution in [2.45, 2.75) is 38.6 Å². The third-order valence-corrected chi connectivity index (χ3v) is 4.29. The van der Waals surface area contributed by atoms with E-state index in [2.05, 4.69) is 21.8 Å². The molecule has 1 aliphatic rings. The van der Waals surface area contributed by atoms with E-state index in [1.165, 1.54) is 12.5 Å². The van der Waals surface area contributed by atoms with Gasteiger partial charge in [-0.1, -0.05) is 36.8 Å². The minimum Gasteiger partial charge on any atom is -0.261 e. The molecular formula is C19H21FN4. The van der Waals surface area contributed by atoms with Crippen LogP contribution in [0.1, 0.15) is 49.3 Å². The zero-order valence-electron chi connectivity index (χ0n) is 13.8. The van der Waals surface area contributed by atoms with E-state index in [4.69, 9.17) is 0 Å². The van der Waals surface area contributed by atoms with Crippen LogP contribution in [0.4, 0.5) is 4.39 Å². The van der Waals surface area contributed by atoms with Crippen molar-refractivity contribution in [3.63, 3.8) is 0 Å². The monoisotopic (exact) mass is 324 g/mol. The van der Waals surface area contributed by atoms with Crippen LogP contribution < -0.4 is 0 Å². The lowest BCUT2D eigenvalue weighted by molar-refractivity contribution is 0.383. The van der Waals surface area contributed by atoms with E-state index in [1.807, 2.05) is 35.9 Å². The second-order valence-corrected chi connectivity index (χ2v) is 5.91. The Hall–Kier alpha value is -2.56. The Labute approximate surface area is 141 Å². The molecule has 3 rings (SSSR count). The summed E-state index contributed by atoms with van der Waals surface area (Å²) in [5.41, 5.74) is 1.24. The molecule has 0 bridgehead atoms. The smallest absolute Gasteiger partial charge is 0.200 e. The summed E-state index contributed by atoms with van der Waals surface area (Å²) < 4.78 is 15.8. The van der Waals surface area contributed by atoms with Gasteiger partial charge >= 0.3 is 0 Å². The SMILES string of the molecule is C=NC(=CC=CC)c1nc(C2CCC2)n(Cc2ccccc2F)n1. The van der Waals surface area contributed by atoms with Gasteiger partial charge in [-0.15, -0.1) is 5.10 Å². The Morgan fingerprint density at radius 3 is 2.83 bits per heavy atom. The van der Waals surface area contributed by atoms with Crippen molar-refractivity contribution in [3.05, 3.63) is 65.5 Å². The maximum absolute atomic E-state index is 14.0. The van der Waals surface area contributed by atoms with Crippen LogP contribution in [0, 0.1) is 5.82 Å². The molecule has 0 N–H and O–H groups in total. The Bertz CT molecular complexity index is 784. The molecule has 0 atom stereocenters. The molecule has 0 amide bonds. The molecule has 5 heteroatoms. The van der Waals surface area contributed by atoms with E-state index in [1.54, 1.807) is 12.1 Å². The van der Waals surface area contributed by atoms with Crippen LogP contribution >= 0.6 is 0 Å². The number of hydrogen-bond acceptors (Lipinski definition) is 3. The Morgan fingerprint density at radius 2 is 2.21 bits per heavy atom. The number of nitrogens with zero attached hydrogens (tertiary/aromatic N) is 4. The van der Waals surface area contributed by atoms with Gasteiger partial charge in [0, 0.05) is 11.5 Å². The lowest BCUT2D eigenvalue weighted by Gasteiger charge is -2.24. The van der Waals surface area contributed by atoms with Crippen molar-refractivity contribution in [2.24, 2.45) is 4.99 Å². The fourth-order valence-corrected chi connectivity index (χ4v) is 2.72. The number of benzene rings is 1. The molecule has 0 unspecified atom stereocenters. The summed E-state index contributed by atoms with van der Waals surface area (Å²) in [7, 11) is 0. The summed E-state index contributed by atoms with van der Waals surface area (Å²) in [6, 6.07) is 6.78. The summed E-state index contributed by atoms with van der Waals surface area (Å²) in [6.45, 7) is 5.91. The zero-order chi connectivity index (χ0) is 16.9. The molecule has 1 saturated carbocycles. The van der Waals surface area contributed by atoms with Crippen molar-refractivity contribution < 1.29 is 4.39 Å². The first-order valence-corrected chi connectivity index (χ1v) is 8.21. The highest BCUT2D eigenvalue weighted by atomic mass is 19.1. The first kappa shape index (κ1) is 16.3. The highest BCUT2D eigenvalue weighted by Crippen LogP contribution is 2.36. The van der Waals surface area contributed by atoms with Gasteiger partial charge < -0.3 is 0 Å². The van der Waals surface area contributed by atoms with E-state index in [9.17, 15) is 4.39 Å². The standard InChI is InChI=1S/C19H21FN4/c1-3-4-12-17(21-2)18-22-19(14-9-7-10-14)24(23-18)13-15-8-5-6-11-16(15)20/h3-6,8,11-12,14H,2,7,9-10,13H2,1H3. The lowest BCUT2D eigenvalue weighted by atomic mass is 9.85. The van der Waals surface area contributed by atoms with E-state index in [-0.39, 0.29) is 5.82 Å². The highest BCUT2D eigenvalue weighted by Gasteiger charge is 2.26. The van der Waals surface area contributed by atoms with Gasteiger partial charge in [0.25, 0.3) is 0 Å². The molecule has 0 saturated heterocycles. The maximum Gasteiger partial charge on any atom is 0.200 e. The molecule has 1 aliphatic carbocycles. The van der Waals surface area contributed by atoms with Crippen LogP contribution in [0.3, 0.4) is 0 Å². The fourth-order valence-electron chi connectivity index (χ4n) is 2.72. The van der Waals surface area contributed by atoms with Crippen LogP contribution in [0.15, 0.2) is 47.5 Å². The van der Waals surface area contributed by atoms with Gasteiger partial charge in [0.15, 0.2) is 5.82 Å². The predicted octanol–water partition coefficient (Wildman–Crippen LogP) is 4.35. The molecule has 0 spiro atoms. The molecule has 4 nitrogen and oxygen atoms in total. The van der Waals surface area contributed by atoms with E-state index < -0.39 is 0 Å². The van der Waals surface area contributed by atoms with Gasteiger partial charge in [0.05, 0.1) is 6.54 Å². The summed E-state index contributed by atoms with van der Waals surface area (Å²) >= 11 is 0. The van der Waals surface area contributed by atoms with Gasteiger partial charge in [-0.05, 0) is 38.6 Å². The largest absolute Gasteiger partial charge is 0.261 e. The third kappa shape index (κ3) is 3.35.